The summed E-state index contributed by atoms with van der Waals surface area (Å²) in [6.45, 7) is 6.29. The normalized spacial score (nSPS) is 13.6. The Morgan fingerprint density at radius 1 is 1.09 bits per heavy atom. The van der Waals surface area contributed by atoms with Crippen LogP contribution in [0.15, 0.2) is 48.7 Å². The molecule has 2 heterocycles. The molecule has 0 spiro atoms. The summed E-state index contributed by atoms with van der Waals surface area (Å²) < 4.78 is 10.5. The fraction of sp³-hybridized carbons (Fsp3) is 0.391. The maximum atomic E-state index is 12.7. The zero-order valence-electron chi connectivity index (χ0n) is 18.5. The van der Waals surface area contributed by atoms with Crippen LogP contribution in [0, 0.1) is 0 Å². The van der Waals surface area contributed by atoms with E-state index < -0.39 is 17.7 Å². The van der Waals surface area contributed by atoms with Crippen molar-refractivity contribution in [2.45, 2.75) is 39.4 Å². The molecule has 2 amide bonds. The summed E-state index contributed by atoms with van der Waals surface area (Å²) in [7, 11) is 0. The van der Waals surface area contributed by atoms with Crippen molar-refractivity contribution >= 4 is 23.7 Å². The van der Waals surface area contributed by atoms with E-state index in [0.29, 0.717) is 30.0 Å². The largest absolute Gasteiger partial charge is 0.456 e. The summed E-state index contributed by atoms with van der Waals surface area (Å²) in [5.74, 6) is -0.738. The summed E-state index contributed by atoms with van der Waals surface area (Å²) in [6, 6.07) is 12.3. The molecule has 170 valence electrons. The Kier molecular flexibility index (Phi) is 7.29. The highest BCUT2D eigenvalue weighted by Crippen LogP contribution is 2.23. The highest BCUT2D eigenvalue weighted by atomic mass is 16.6. The van der Waals surface area contributed by atoms with E-state index >= 15 is 0 Å². The number of amides is 2. The first-order chi connectivity index (χ1) is 15.2. The molecule has 0 saturated carbocycles. The number of benzene rings is 1. The highest BCUT2D eigenvalue weighted by Gasteiger charge is 2.28. The van der Waals surface area contributed by atoms with E-state index in [1.165, 1.54) is 0 Å². The van der Waals surface area contributed by atoms with Crippen LogP contribution in [0.25, 0.3) is 0 Å². The predicted molar refractivity (Wildman–Crippen MR) is 118 cm³/mol. The maximum absolute atomic E-state index is 12.7. The van der Waals surface area contributed by atoms with Gasteiger partial charge in [0.15, 0.2) is 0 Å². The lowest BCUT2D eigenvalue weighted by Crippen LogP contribution is -2.47. The van der Waals surface area contributed by atoms with Crippen LogP contribution in [0.4, 0.5) is 10.5 Å². The van der Waals surface area contributed by atoms with Crippen LogP contribution < -0.4 is 10.3 Å². The molecule has 32 heavy (non-hydrogen) atoms. The molecule has 1 saturated heterocycles. The number of aromatic nitrogens is 1. The molecule has 1 fully saturated rings. The lowest BCUT2D eigenvalue weighted by atomic mass is 10.2. The third-order valence-corrected chi connectivity index (χ3v) is 4.56. The Bertz CT molecular complexity index is 958. The number of pyridine rings is 1. The molecule has 1 aromatic carbocycles. The van der Waals surface area contributed by atoms with Gasteiger partial charge in [0.1, 0.15) is 18.8 Å². The lowest BCUT2D eigenvalue weighted by Gasteiger charge is -2.30. The number of hydrogen-bond acceptors (Lipinski definition) is 7. The fourth-order valence-electron chi connectivity index (χ4n) is 3.19. The first-order valence-electron chi connectivity index (χ1n) is 10.4. The molecule has 9 heteroatoms. The summed E-state index contributed by atoms with van der Waals surface area (Å²) in [6.07, 6.45) is 1.77. The Labute approximate surface area is 187 Å². The minimum absolute atomic E-state index is 0.0779. The van der Waals surface area contributed by atoms with E-state index in [2.05, 4.69) is 10.3 Å². The summed E-state index contributed by atoms with van der Waals surface area (Å²) in [4.78, 5) is 41.1. The Hall–Kier alpha value is -3.62. The standard InChI is InChI=1S/C23H28N4O5/c1-23(2,3)32-22(30)25-15-20(28)27-13-7-12-26(27)19-10-6-8-17(14-19)21(29)31-16-18-9-4-5-11-24-18/h4-6,8-11,14H,7,12-13,15-16H2,1-3H3,(H,25,30). The third kappa shape index (κ3) is 6.44. The molecule has 1 aliphatic rings. The number of esters is 1. The zero-order chi connectivity index (χ0) is 23.1. The summed E-state index contributed by atoms with van der Waals surface area (Å²) in [5.41, 5.74) is 1.09. The van der Waals surface area contributed by atoms with Crippen LogP contribution in [0.3, 0.4) is 0 Å². The average molecular weight is 441 g/mol. The molecule has 1 aromatic heterocycles. The van der Waals surface area contributed by atoms with Gasteiger partial charge < -0.3 is 14.8 Å². The summed E-state index contributed by atoms with van der Waals surface area (Å²) in [5, 5.41) is 5.86. The van der Waals surface area contributed by atoms with Gasteiger partial charge in [-0.3, -0.25) is 19.8 Å². The van der Waals surface area contributed by atoms with Gasteiger partial charge in [-0.05, 0) is 57.5 Å². The number of hydrazine groups is 1. The minimum Gasteiger partial charge on any atom is -0.456 e. The summed E-state index contributed by atoms with van der Waals surface area (Å²) >= 11 is 0. The molecule has 0 bridgehead atoms. The molecule has 0 aliphatic carbocycles. The minimum atomic E-state index is -0.644. The molecule has 3 rings (SSSR count). The van der Waals surface area contributed by atoms with Gasteiger partial charge in [0.2, 0.25) is 0 Å². The van der Waals surface area contributed by atoms with Crippen LogP contribution in [0.1, 0.15) is 43.2 Å². The van der Waals surface area contributed by atoms with Crippen LogP contribution >= 0.6 is 0 Å². The highest BCUT2D eigenvalue weighted by molar-refractivity contribution is 5.91. The molecule has 0 atom stereocenters. The molecule has 0 unspecified atom stereocenters. The number of nitrogens with zero attached hydrogens (tertiary/aromatic N) is 3. The quantitative estimate of drug-likeness (QED) is 0.689. The Balaban J connectivity index is 1.61. The van der Waals surface area contributed by atoms with Gasteiger partial charge in [0.05, 0.1) is 16.9 Å². The van der Waals surface area contributed by atoms with E-state index in [1.54, 1.807) is 67.3 Å². The number of rotatable bonds is 6. The SMILES string of the molecule is CC(C)(C)OC(=O)NCC(=O)N1CCCN1c1cccc(C(=O)OCc2ccccn2)c1. The lowest BCUT2D eigenvalue weighted by molar-refractivity contribution is -0.129. The molecule has 9 nitrogen and oxygen atoms in total. The predicted octanol–water partition coefficient (Wildman–Crippen LogP) is 2.92. The van der Waals surface area contributed by atoms with Crippen molar-refractivity contribution in [3.05, 3.63) is 59.9 Å². The Morgan fingerprint density at radius 2 is 1.91 bits per heavy atom. The number of carbonyl (C=O) groups excluding carboxylic acids is 3. The molecule has 1 aliphatic heterocycles. The smallest absolute Gasteiger partial charge is 0.408 e. The Morgan fingerprint density at radius 3 is 2.62 bits per heavy atom. The van der Waals surface area contributed by atoms with Crippen LogP contribution in [-0.2, 0) is 20.9 Å². The van der Waals surface area contributed by atoms with Crippen molar-refractivity contribution in [3.8, 4) is 0 Å². The van der Waals surface area contributed by atoms with Crippen molar-refractivity contribution in [3.63, 3.8) is 0 Å². The van der Waals surface area contributed by atoms with Crippen molar-refractivity contribution in [1.82, 2.24) is 15.3 Å². The van der Waals surface area contributed by atoms with Gasteiger partial charge in [-0.25, -0.2) is 9.59 Å². The van der Waals surface area contributed by atoms with Crippen LogP contribution in [-0.4, -0.2) is 53.2 Å². The van der Waals surface area contributed by atoms with Crippen molar-refractivity contribution in [2.24, 2.45) is 0 Å². The van der Waals surface area contributed by atoms with E-state index in [4.69, 9.17) is 9.47 Å². The van der Waals surface area contributed by atoms with Gasteiger partial charge in [-0.15, -0.1) is 0 Å². The topological polar surface area (TPSA) is 101 Å². The number of hydrogen-bond donors (Lipinski definition) is 1. The van der Waals surface area contributed by atoms with Gasteiger partial charge in [0, 0.05) is 19.3 Å². The van der Waals surface area contributed by atoms with Gasteiger partial charge in [0.25, 0.3) is 5.91 Å². The second-order valence-electron chi connectivity index (χ2n) is 8.30. The van der Waals surface area contributed by atoms with E-state index in [9.17, 15) is 14.4 Å². The zero-order valence-corrected chi connectivity index (χ0v) is 18.5. The monoisotopic (exact) mass is 440 g/mol. The third-order valence-electron chi connectivity index (χ3n) is 4.56. The average Bonchev–Trinajstić information content (AvgIpc) is 3.25. The van der Waals surface area contributed by atoms with Crippen molar-refractivity contribution in [2.75, 3.05) is 24.6 Å². The van der Waals surface area contributed by atoms with Gasteiger partial charge in [-0.2, -0.15) is 0 Å². The second-order valence-corrected chi connectivity index (χ2v) is 8.30. The molecule has 1 N–H and O–H groups in total. The number of ether oxygens (including phenoxy) is 2. The molecule has 2 aromatic rings. The first-order valence-corrected chi connectivity index (χ1v) is 10.4. The molecular weight excluding hydrogens is 412 g/mol. The number of carbonyl (C=O) groups is 3. The fourth-order valence-corrected chi connectivity index (χ4v) is 3.19. The van der Waals surface area contributed by atoms with Crippen LogP contribution in [0.5, 0.6) is 0 Å². The molecular formula is C23H28N4O5. The van der Waals surface area contributed by atoms with E-state index in [0.717, 1.165) is 6.42 Å². The van der Waals surface area contributed by atoms with Crippen molar-refractivity contribution < 1.29 is 23.9 Å². The second kappa shape index (κ2) is 10.1. The maximum Gasteiger partial charge on any atom is 0.408 e. The number of anilines is 1. The van der Waals surface area contributed by atoms with Gasteiger partial charge >= 0.3 is 12.1 Å². The molecule has 0 radical (unpaired) electrons. The van der Waals surface area contributed by atoms with Crippen molar-refractivity contribution in [1.29, 1.82) is 0 Å². The van der Waals surface area contributed by atoms with E-state index in [1.807, 2.05) is 12.1 Å². The van der Waals surface area contributed by atoms with Crippen LogP contribution in [0.2, 0.25) is 0 Å². The number of nitrogens with one attached hydrogen (secondary N) is 1. The van der Waals surface area contributed by atoms with E-state index in [-0.39, 0.29) is 19.1 Å². The first kappa shape index (κ1) is 23.1. The van der Waals surface area contributed by atoms with Gasteiger partial charge in [-0.1, -0.05) is 12.1 Å². The number of alkyl carbamates (subject to hydrolysis) is 1.